The van der Waals surface area contributed by atoms with Crippen LogP contribution in [0.25, 0.3) is 0 Å². The number of rotatable bonds is 5. The van der Waals surface area contributed by atoms with E-state index in [1.807, 2.05) is 49.4 Å². The van der Waals surface area contributed by atoms with Crippen molar-refractivity contribution in [2.45, 2.75) is 13.0 Å². The van der Waals surface area contributed by atoms with Gasteiger partial charge >= 0.3 is 5.97 Å². The molecule has 114 valence electrons. The van der Waals surface area contributed by atoms with Crippen LogP contribution in [0.2, 0.25) is 0 Å². The molecule has 0 heterocycles. The number of esters is 1. The van der Waals surface area contributed by atoms with Gasteiger partial charge in [-0.05, 0) is 59.3 Å². The highest BCUT2D eigenvalue weighted by Crippen LogP contribution is 2.11. The summed E-state index contributed by atoms with van der Waals surface area (Å²) in [4.78, 5) is 23.6. The number of hydrogen-bond donors (Lipinski definition) is 1. The van der Waals surface area contributed by atoms with Crippen molar-refractivity contribution in [3.05, 3.63) is 69.3 Å². The average Bonchev–Trinajstić information content (AvgIpc) is 2.54. The molecule has 5 heteroatoms. The summed E-state index contributed by atoms with van der Waals surface area (Å²) in [5, 5.41) is 2.79. The summed E-state index contributed by atoms with van der Waals surface area (Å²) < 4.78 is 6.04. The summed E-state index contributed by atoms with van der Waals surface area (Å²) >= 11 is 2.15. The van der Waals surface area contributed by atoms with Crippen molar-refractivity contribution in [1.82, 2.24) is 5.32 Å². The molecule has 0 aliphatic heterocycles. The zero-order chi connectivity index (χ0) is 15.9. The van der Waals surface area contributed by atoms with Crippen LogP contribution < -0.4 is 5.32 Å². The van der Waals surface area contributed by atoms with Gasteiger partial charge in [-0.25, -0.2) is 4.79 Å². The van der Waals surface area contributed by atoms with Crippen molar-refractivity contribution < 1.29 is 14.3 Å². The molecule has 22 heavy (non-hydrogen) atoms. The fraction of sp³-hybridized carbons (Fsp3) is 0.176. The Balaban J connectivity index is 1.82. The standard InChI is InChI=1S/C17H16INO3/c1-12(13-5-3-2-4-6-13)19-16(20)11-22-17(21)14-7-9-15(18)10-8-14/h2-10,12H,11H2,1H3,(H,19,20)/t12-/m0/s1. The molecule has 0 bridgehead atoms. The topological polar surface area (TPSA) is 55.4 Å². The van der Waals surface area contributed by atoms with Crippen LogP contribution >= 0.6 is 22.6 Å². The van der Waals surface area contributed by atoms with Crippen molar-refractivity contribution in [2.24, 2.45) is 0 Å². The number of nitrogens with one attached hydrogen (secondary N) is 1. The van der Waals surface area contributed by atoms with Crippen LogP contribution in [0.15, 0.2) is 54.6 Å². The highest BCUT2D eigenvalue weighted by atomic mass is 127. The van der Waals surface area contributed by atoms with E-state index in [1.165, 1.54) is 0 Å². The maximum Gasteiger partial charge on any atom is 0.338 e. The number of benzene rings is 2. The van der Waals surface area contributed by atoms with Gasteiger partial charge in [0, 0.05) is 3.57 Å². The second-order valence-corrected chi connectivity index (χ2v) is 6.03. The summed E-state index contributed by atoms with van der Waals surface area (Å²) in [6, 6.07) is 16.5. The molecule has 1 N–H and O–H groups in total. The van der Waals surface area contributed by atoms with E-state index in [4.69, 9.17) is 4.74 Å². The Morgan fingerprint density at radius 3 is 2.36 bits per heavy atom. The van der Waals surface area contributed by atoms with Crippen LogP contribution in [0.5, 0.6) is 0 Å². The molecule has 2 rings (SSSR count). The van der Waals surface area contributed by atoms with Gasteiger partial charge in [-0.3, -0.25) is 4.79 Å². The van der Waals surface area contributed by atoms with E-state index in [0.29, 0.717) is 5.56 Å². The molecule has 0 aromatic heterocycles. The van der Waals surface area contributed by atoms with Gasteiger partial charge in [0.05, 0.1) is 11.6 Å². The van der Waals surface area contributed by atoms with Gasteiger partial charge < -0.3 is 10.1 Å². The number of halogens is 1. The van der Waals surface area contributed by atoms with Gasteiger partial charge in [0.25, 0.3) is 5.91 Å². The van der Waals surface area contributed by atoms with Crippen LogP contribution in [0.1, 0.15) is 28.9 Å². The maximum atomic E-state index is 11.8. The lowest BCUT2D eigenvalue weighted by atomic mass is 10.1. The smallest absolute Gasteiger partial charge is 0.338 e. The zero-order valence-corrected chi connectivity index (χ0v) is 14.2. The van der Waals surface area contributed by atoms with Crippen LogP contribution in [-0.4, -0.2) is 18.5 Å². The molecule has 2 aromatic carbocycles. The van der Waals surface area contributed by atoms with Crippen LogP contribution in [-0.2, 0) is 9.53 Å². The van der Waals surface area contributed by atoms with Crippen molar-refractivity contribution in [3.8, 4) is 0 Å². The number of carbonyl (C=O) groups excluding carboxylic acids is 2. The van der Waals surface area contributed by atoms with Gasteiger partial charge in [-0.15, -0.1) is 0 Å². The molecule has 0 saturated carbocycles. The number of carbonyl (C=O) groups is 2. The van der Waals surface area contributed by atoms with E-state index in [1.54, 1.807) is 12.1 Å². The molecule has 1 amide bonds. The molecule has 4 nitrogen and oxygen atoms in total. The Morgan fingerprint density at radius 2 is 1.73 bits per heavy atom. The summed E-state index contributed by atoms with van der Waals surface area (Å²) in [5.41, 5.74) is 1.43. The van der Waals surface area contributed by atoms with Crippen LogP contribution in [0, 0.1) is 3.57 Å². The molecule has 2 aromatic rings. The number of amides is 1. The number of ether oxygens (including phenoxy) is 1. The summed E-state index contributed by atoms with van der Waals surface area (Å²) in [6.07, 6.45) is 0. The highest BCUT2D eigenvalue weighted by molar-refractivity contribution is 14.1. The molecule has 0 saturated heterocycles. The molecule has 1 atom stereocenters. The molecule has 0 spiro atoms. The third-order valence-corrected chi connectivity index (χ3v) is 3.81. The molecule has 0 fully saturated rings. The monoisotopic (exact) mass is 409 g/mol. The Bertz CT molecular complexity index is 641. The quantitative estimate of drug-likeness (QED) is 0.609. The molecule has 0 aliphatic carbocycles. The van der Waals surface area contributed by atoms with Crippen molar-refractivity contribution >= 4 is 34.5 Å². The lowest BCUT2D eigenvalue weighted by Gasteiger charge is -2.14. The third kappa shape index (κ3) is 4.84. The molecule has 0 radical (unpaired) electrons. The maximum absolute atomic E-state index is 11.8. The lowest BCUT2D eigenvalue weighted by molar-refractivity contribution is -0.124. The first-order valence-corrected chi connectivity index (χ1v) is 7.91. The van der Waals surface area contributed by atoms with Gasteiger partial charge in [-0.1, -0.05) is 30.3 Å². The van der Waals surface area contributed by atoms with E-state index in [-0.39, 0.29) is 18.6 Å². The average molecular weight is 409 g/mol. The first kappa shape index (κ1) is 16.5. The van der Waals surface area contributed by atoms with Gasteiger partial charge in [0.15, 0.2) is 6.61 Å². The van der Waals surface area contributed by atoms with Crippen molar-refractivity contribution in [1.29, 1.82) is 0 Å². The Hall–Kier alpha value is -1.89. The first-order chi connectivity index (χ1) is 10.6. The normalized spacial score (nSPS) is 11.5. The van der Waals surface area contributed by atoms with Gasteiger partial charge in [0.2, 0.25) is 0 Å². The summed E-state index contributed by atoms with van der Waals surface area (Å²) in [6.45, 7) is 1.59. The molecule has 0 unspecified atom stereocenters. The van der Waals surface area contributed by atoms with Gasteiger partial charge in [-0.2, -0.15) is 0 Å². The molecular weight excluding hydrogens is 393 g/mol. The minimum absolute atomic E-state index is 0.134. The van der Waals surface area contributed by atoms with Gasteiger partial charge in [0.1, 0.15) is 0 Å². The Kier molecular flexibility index (Phi) is 5.94. The van der Waals surface area contributed by atoms with Crippen LogP contribution in [0.4, 0.5) is 0 Å². The van der Waals surface area contributed by atoms with E-state index in [0.717, 1.165) is 9.13 Å². The fourth-order valence-electron chi connectivity index (χ4n) is 1.91. The lowest BCUT2D eigenvalue weighted by Crippen LogP contribution is -2.31. The fourth-order valence-corrected chi connectivity index (χ4v) is 2.27. The van der Waals surface area contributed by atoms with E-state index < -0.39 is 5.97 Å². The summed E-state index contributed by atoms with van der Waals surface area (Å²) in [5.74, 6) is -0.825. The van der Waals surface area contributed by atoms with Crippen molar-refractivity contribution in [2.75, 3.05) is 6.61 Å². The van der Waals surface area contributed by atoms with E-state index in [9.17, 15) is 9.59 Å². The molecule has 0 aliphatic rings. The Morgan fingerprint density at radius 1 is 1.09 bits per heavy atom. The first-order valence-electron chi connectivity index (χ1n) is 6.83. The SMILES string of the molecule is C[C@H](NC(=O)COC(=O)c1ccc(I)cc1)c1ccccc1. The second kappa shape index (κ2) is 7.93. The number of hydrogen-bond acceptors (Lipinski definition) is 3. The minimum atomic E-state index is -0.501. The van der Waals surface area contributed by atoms with Crippen LogP contribution in [0.3, 0.4) is 0 Å². The second-order valence-electron chi connectivity index (χ2n) is 4.78. The van der Waals surface area contributed by atoms with Crippen molar-refractivity contribution in [3.63, 3.8) is 0 Å². The third-order valence-electron chi connectivity index (χ3n) is 3.09. The van der Waals surface area contributed by atoms with E-state index in [2.05, 4.69) is 27.9 Å². The molecular formula is C17H16INO3. The minimum Gasteiger partial charge on any atom is -0.452 e. The highest BCUT2D eigenvalue weighted by Gasteiger charge is 2.12. The predicted octanol–water partition coefficient (Wildman–Crippen LogP) is 3.33. The Labute approximate surface area is 143 Å². The largest absolute Gasteiger partial charge is 0.452 e. The summed E-state index contributed by atoms with van der Waals surface area (Å²) in [7, 11) is 0. The zero-order valence-electron chi connectivity index (χ0n) is 12.1. The predicted molar refractivity (Wildman–Crippen MR) is 92.4 cm³/mol. The van der Waals surface area contributed by atoms with E-state index >= 15 is 0 Å².